The first kappa shape index (κ1) is 14.0. The van der Waals surface area contributed by atoms with Crippen molar-refractivity contribution >= 4 is 5.82 Å². The molecule has 1 aromatic heterocycles. The lowest BCUT2D eigenvalue weighted by Gasteiger charge is -2.16. The third-order valence-electron chi connectivity index (χ3n) is 3.20. The van der Waals surface area contributed by atoms with Gasteiger partial charge in [-0.25, -0.2) is 9.37 Å². The van der Waals surface area contributed by atoms with Crippen LogP contribution in [0.3, 0.4) is 0 Å². The van der Waals surface area contributed by atoms with E-state index < -0.39 is 0 Å². The van der Waals surface area contributed by atoms with Crippen molar-refractivity contribution in [3.63, 3.8) is 0 Å². The van der Waals surface area contributed by atoms with Gasteiger partial charge in [0.05, 0.1) is 11.6 Å². The molecule has 0 aliphatic rings. The summed E-state index contributed by atoms with van der Waals surface area (Å²) in [6.07, 6.45) is 0. The summed E-state index contributed by atoms with van der Waals surface area (Å²) < 4.78 is 13.6. The number of nitriles is 1. The molecule has 0 saturated carbocycles. The van der Waals surface area contributed by atoms with Gasteiger partial charge in [0.1, 0.15) is 17.7 Å². The number of anilines is 1. The number of aromatic nitrogens is 1. The summed E-state index contributed by atoms with van der Waals surface area (Å²) in [6, 6.07) is 10.6. The van der Waals surface area contributed by atoms with E-state index in [0.29, 0.717) is 16.9 Å². The highest BCUT2D eigenvalue weighted by molar-refractivity contribution is 5.53. The molecule has 0 aliphatic carbocycles. The third-order valence-corrected chi connectivity index (χ3v) is 3.20. The number of hydrogen-bond donors (Lipinski definition) is 1. The smallest absolute Gasteiger partial charge is 0.144 e. The highest BCUT2D eigenvalue weighted by atomic mass is 19.1. The van der Waals surface area contributed by atoms with Crippen LogP contribution < -0.4 is 5.32 Å². The zero-order valence-electron chi connectivity index (χ0n) is 11.7. The van der Waals surface area contributed by atoms with Crippen molar-refractivity contribution in [2.75, 3.05) is 5.32 Å². The molecule has 1 heterocycles. The number of benzene rings is 1. The fourth-order valence-electron chi connectivity index (χ4n) is 1.92. The normalized spacial score (nSPS) is 11.8. The SMILES string of the molecule is Cc1ccc(C#N)c(NC(C)c2ccc(C)c(F)c2)n1. The van der Waals surface area contributed by atoms with Crippen LogP contribution in [0, 0.1) is 31.0 Å². The molecule has 0 fully saturated rings. The molecule has 1 N–H and O–H groups in total. The average Bonchev–Trinajstić information content (AvgIpc) is 2.42. The predicted molar refractivity (Wildman–Crippen MR) is 76.9 cm³/mol. The minimum atomic E-state index is -0.228. The third kappa shape index (κ3) is 2.94. The molecule has 0 radical (unpaired) electrons. The van der Waals surface area contributed by atoms with Crippen LogP contribution in [-0.4, -0.2) is 4.98 Å². The average molecular weight is 269 g/mol. The molecule has 1 atom stereocenters. The van der Waals surface area contributed by atoms with E-state index in [-0.39, 0.29) is 11.9 Å². The number of nitrogens with zero attached hydrogens (tertiary/aromatic N) is 2. The van der Waals surface area contributed by atoms with Crippen LogP contribution in [0.15, 0.2) is 30.3 Å². The number of nitrogens with one attached hydrogen (secondary N) is 1. The van der Waals surface area contributed by atoms with Crippen molar-refractivity contribution in [3.8, 4) is 6.07 Å². The van der Waals surface area contributed by atoms with Gasteiger partial charge in [-0.1, -0.05) is 12.1 Å². The minimum absolute atomic E-state index is 0.133. The van der Waals surface area contributed by atoms with Crippen LogP contribution in [0.25, 0.3) is 0 Å². The minimum Gasteiger partial charge on any atom is -0.362 e. The van der Waals surface area contributed by atoms with Gasteiger partial charge in [-0.3, -0.25) is 0 Å². The monoisotopic (exact) mass is 269 g/mol. The van der Waals surface area contributed by atoms with Crippen LogP contribution in [0.4, 0.5) is 10.2 Å². The van der Waals surface area contributed by atoms with E-state index in [0.717, 1.165) is 11.3 Å². The molecule has 1 unspecified atom stereocenters. The fraction of sp³-hybridized carbons (Fsp3) is 0.250. The second-order valence-corrected chi connectivity index (χ2v) is 4.84. The first-order valence-electron chi connectivity index (χ1n) is 6.41. The lowest BCUT2D eigenvalue weighted by molar-refractivity contribution is 0.614. The summed E-state index contributed by atoms with van der Waals surface area (Å²) in [5.41, 5.74) is 2.75. The van der Waals surface area contributed by atoms with Crippen LogP contribution in [0.1, 0.15) is 35.3 Å². The van der Waals surface area contributed by atoms with E-state index in [2.05, 4.69) is 16.4 Å². The Bertz CT molecular complexity index is 674. The molecule has 2 rings (SSSR count). The van der Waals surface area contributed by atoms with E-state index in [1.54, 1.807) is 25.1 Å². The topological polar surface area (TPSA) is 48.7 Å². The van der Waals surface area contributed by atoms with Crippen molar-refractivity contribution in [3.05, 3.63) is 58.5 Å². The Balaban J connectivity index is 2.27. The van der Waals surface area contributed by atoms with Crippen molar-refractivity contribution in [1.82, 2.24) is 4.98 Å². The maximum absolute atomic E-state index is 13.6. The predicted octanol–water partition coefficient (Wildman–Crippen LogP) is 3.88. The van der Waals surface area contributed by atoms with Crippen LogP contribution >= 0.6 is 0 Å². The van der Waals surface area contributed by atoms with Crippen molar-refractivity contribution in [1.29, 1.82) is 5.26 Å². The highest BCUT2D eigenvalue weighted by Crippen LogP contribution is 2.22. The standard InChI is InChI=1S/C16H16FN3/c1-10-4-6-13(8-15(10)17)12(3)20-16-14(9-18)7-5-11(2)19-16/h4-8,12H,1-3H3,(H,19,20). The summed E-state index contributed by atoms with van der Waals surface area (Å²) in [7, 11) is 0. The molecule has 102 valence electrons. The Labute approximate surface area is 118 Å². The van der Waals surface area contributed by atoms with Gasteiger partial charge in [-0.2, -0.15) is 5.26 Å². The van der Waals surface area contributed by atoms with E-state index in [1.165, 1.54) is 6.07 Å². The quantitative estimate of drug-likeness (QED) is 0.919. The first-order chi connectivity index (χ1) is 9.51. The summed E-state index contributed by atoms with van der Waals surface area (Å²) in [5, 5.41) is 12.2. The van der Waals surface area contributed by atoms with Gasteiger partial charge >= 0.3 is 0 Å². The molecule has 0 aliphatic heterocycles. The number of hydrogen-bond acceptors (Lipinski definition) is 3. The van der Waals surface area contributed by atoms with Gasteiger partial charge in [-0.05, 0) is 50.1 Å². The second-order valence-electron chi connectivity index (χ2n) is 4.84. The summed E-state index contributed by atoms with van der Waals surface area (Å²) in [5.74, 6) is 0.301. The number of halogens is 1. The molecular formula is C16H16FN3. The largest absolute Gasteiger partial charge is 0.362 e. The van der Waals surface area contributed by atoms with E-state index in [9.17, 15) is 4.39 Å². The Kier molecular flexibility index (Phi) is 3.99. The summed E-state index contributed by atoms with van der Waals surface area (Å²) in [6.45, 7) is 5.50. The Morgan fingerprint density at radius 3 is 2.65 bits per heavy atom. The lowest BCUT2D eigenvalue weighted by Crippen LogP contribution is -2.10. The molecule has 4 heteroatoms. The first-order valence-corrected chi connectivity index (χ1v) is 6.41. The van der Waals surface area contributed by atoms with Crippen molar-refractivity contribution in [2.45, 2.75) is 26.8 Å². The zero-order valence-corrected chi connectivity index (χ0v) is 11.7. The van der Waals surface area contributed by atoms with Gasteiger partial charge in [0.15, 0.2) is 0 Å². The fourth-order valence-corrected chi connectivity index (χ4v) is 1.92. The van der Waals surface area contributed by atoms with E-state index in [4.69, 9.17) is 5.26 Å². The molecule has 3 nitrogen and oxygen atoms in total. The van der Waals surface area contributed by atoms with Gasteiger partial charge in [0.2, 0.25) is 0 Å². The van der Waals surface area contributed by atoms with Crippen molar-refractivity contribution in [2.24, 2.45) is 0 Å². The Morgan fingerprint density at radius 1 is 1.25 bits per heavy atom. The number of aryl methyl sites for hydroxylation is 2. The van der Waals surface area contributed by atoms with E-state index in [1.807, 2.05) is 19.9 Å². The second kappa shape index (κ2) is 5.70. The summed E-state index contributed by atoms with van der Waals surface area (Å²) >= 11 is 0. The number of rotatable bonds is 3. The maximum Gasteiger partial charge on any atom is 0.144 e. The number of pyridine rings is 1. The van der Waals surface area contributed by atoms with E-state index >= 15 is 0 Å². The van der Waals surface area contributed by atoms with Gasteiger partial charge in [-0.15, -0.1) is 0 Å². The lowest BCUT2D eigenvalue weighted by atomic mass is 10.1. The van der Waals surface area contributed by atoms with Crippen LogP contribution in [0.2, 0.25) is 0 Å². The zero-order chi connectivity index (χ0) is 14.7. The Hall–Kier alpha value is -2.41. The Morgan fingerprint density at radius 2 is 2.00 bits per heavy atom. The van der Waals surface area contributed by atoms with Crippen molar-refractivity contribution < 1.29 is 4.39 Å². The molecule has 1 aromatic carbocycles. The van der Waals surface area contributed by atoms with Crippen LogP contribution in [-0.2, 0) is 0 Å². The van der Waals surface area contributed by atoms with Gasteiger partial charge < -0.3 is 5.32 Å². The molecule has 0 saturated heterocycles. The van der Waals surface area contributed by atoms with Gasteiger partial charge in [0, 0.05) is 5.69 Å². The molecule has 0 bridgehead atoms. The highest BCUT2D eigenvalue weighted by Gasteiger charge is 2.11. The molecule has 2 aromatic rings. The molecule has 0 spiro atoms. The maximum atomic E-state index is 13.6. The summed E-state index contributed by atoms with van der Waals surface area (Å²) in [4.78, 5) is 4.32. The molecule has 20 heavy (non-hydrogen) atoms. The van der Waals surface area contributed by atoms with Gasteiger partial charge in [0.25, 0.3) is 0 Å². The van der Waals surface area contributed by atoms with Crippen LogP contribution in [0.5, 0.6) is 0 Å². The molecule has 0 amide bonds. The molecular weight excluding hydrogens is 253 g/mol.